The molecule has 37 heavy (non-hydrogen) atoms. The highest BCUT2D eigenvalue weighted by Gasteiger charge is 2.57. The van der Waals surface area contributed by atoms with Crippen LogP contribution in [0.25, 0.3) is 0 Å². The third-order valence-electron chi connectivity index (χ3n) is 9.28. The molecule has 4 fully saturated rings. The maximum atomic E-state index is 14.5. The average molecular weight is 551 g/mol. The predicted molar refractivity (Wildman–Crippen MR) is 143 cm³/mol. The average Bonchev–Trinajstić information content (AvgIpc) is 3.78. The van der Waals surface area contributed by atoms with Crippen LogP contribution in [0.15, 0.2) is 18.2 Å². The van der Waals surface area contributed by atoms with Crippen molar-refractivity contribution in [2.45, 2.75) is 63.8 Å². The fourth-order valence-electron chi connectivity index (χ4n) is 5.93. The number of benzene rings is 1. The van der Waals surface area contributed by atoms with E-state index in [1.54, 1.807) is 19.2 Å². The molecular formula is C28H37Cl2N3O4. The van der Waals surface area contributed by atoms with Gasteiger partial charge in [-0.05, 0) is 56.2 Å². The first kappa shape index (κ1) is 26.8. The van der Waals surface area contributed by atoms with E-state index in [4.69, 9.17) is 27.9 Å². The molecule has 1 aromatic rings. The number of hydrogen-bond donors (Lipinski definition) is 1. The summed E-state index contributed by atoms with van der Waals surface area (Å²) in [5, 5.41) is 4.24. The van der Waals surface area contributed by atoms with E-state index >= 15 is 0 Å². The Morgan fingerprint density at radius 1 is 1.08 bits per heavy atom. The van der Waals surface area contributed by atoms with Crippen LogP contribution in [0.2, 0.25) is 10.0 Å². The molecule has 0 unspecified atom stereocenters. The molecule has 2 aliphatic heterocycles. The Balaban J connectivity index is 1.40. The van der Waals surface area contributed by atoms with Gasteiger partial charge in [-0.3, -0.25) is 14.5 Å². The Hall–Kier alpha value is -1.83. The van der Waals surface area contributed by atoms with E-state index in [2.05, 4.69) is 12.2 Å². The summed E-state index contributed by atoms with van der Waals surface area (Å²) >= 11 is 12.6. The van der Waals surface area contributed by atoms with E-state index in [-0.39, 0.29) is 34.4 Å². The van der Waals surface area contributed by atoms with E-state index in [1.165, 1.54) is 4.90 Å². The van der Waals surface area contributed by atoms with Crippen molar-refractivity contribution < 1.29 is 19.1 Å². The SMILES string of the molecule is CN(C(=O)OCC1(C)CC1)[C@@]1(C(=O)C2CCN(C(=O)C3(C)CC3)CC2)CNC[C@@H]1c1ccc(Cl)c(Cl)c1. The van der Waals surface area contributed by atoms with Crippen molar-refractivity contribution in [1.29, 1.82) is 0 Å². The van der Waals surface area contributed by atoms with Crippen molar-refractivity contribution in [3.05, 3.63) is 33.8 Å². The standard InChI is InChI=1S/C28H37Cl2N3O4/c1-26(8-9-26)17-37-25(36)32(3)28(16-31-15-20(28)19-4-5-21(29)22(30)14-19)23(34)18-6-12-33(13-7-18)24(35)27(2)10-11-27/h4-5,14,18,20,31H,6-13,15-17H2,1-3H3/t20-,28+/m1/s1. The lowest BCUT2D eigenvalue weighted by Gasteiger charge is -2.44. The van der Waals surface area contributed by atoms with Gasteiger partial charge in [0.05, 0.1) is 16.7 Å². The summed E-state index contributed by atoms with van der Waals surface area (Å²) in [4.78, 5) is 44.1. The molecule has 0 radical (unpaired) electrons. The van der Waals surface area contributed by atoms with Crippen molar-refractivity contribution in [3.63, 3.8) is 0 Å². The van der Waals surface area contributed by atoms with Gasteiger partial charge in [-0.1, -0.05) is 43.1 Å². The minimum Gasteiger partial charge on any atom is -0.449 e. The quantitative estimate of drug-likeness (QED) is 0.523. The fraction of sp³-hybridized carbons (Fsp3) is 0.679. The zero-order valence-corrected chi connectivity index (χ0v) is 23.5. The van der Waals surface area contributed by atoms with Crippen molar-refractivity contribution >= 4 is 41.0 Å². The van der Waals surface area contributed by atoms with Gasteiger partial charge in [0.2, 0.25) is 5.91 Å². The van der Waals surface area contributed by atoms with Crippen molar-refractivity contribution in [3.8, 4) is 0 Å². The number of likely N-dealkylation sites (N-methyl/N-ethyl adjacent to an activating group) is 1. The van der Waals surface area contributed by atoms with Gasteiger partial charge >= 0.3 is 6.09 Å². The van der Waals surface area contributed by atoms with Gasteiger partial charge in [-0.15, -0.1) is 0 Å². The summed E-state index contributed by atoms with van der Waals surface area (Å²) in [7, 11) is 1.68. The van der Waals surface area contributed by atoms with E-state index in [0.29, 0.717) is 55.7 Å². The Labute approximate surface area is 229 Å². The van der Waals surface area contributed by atoms with Gasteiger partial charge < -0.3 is 15.0 Å². The van der Waals surface area contributed by atoms with Crippen LogP contribution in [0, 0.1) is 16.7 Å². The minimum absolute atomic E-state index is 0.0235. The predicted octanol–water partition coefficient (Wildman–Crippen LogP) is 4.90. The maximum absolute atomic E-state index is 14.5. The minimum atomic E-state index is -1.13. The lowest BCUT2D eigenvalue weighted by molar-refractivity contribution is -0.142. The molecule has 2 saturated heterocycles. The number of nitrogens with one attached hydrogen (secondary N) is 1. The van der Waals surface area contributed by atoms with Gasteiger partial charge in [-0.25, -0.2) is 4.79 Å². The number of nitrogens with zero attached hydrogens (tertiary/aromatic N) is 2. The molecular weight excluding hydrogens is 513 g/mol. The lowest BCUT2D eigenvalue weighted by atomic mass is 9.72. The van der Waals surface area contributed by atoms with Gasteiger partial charge in [0, 0.05) is 55.9 Å². The number of likely N-dealkylation sites (tertiary alicyclic amines) is 1. The second-order valence-electron chi connectivity index (χ2n) is 12.2. The molecule has 7 nitrogen and oxygen atoms in total. The van der Waals surface area contributed by atoms with Crippen LogP contribution in [-0.4, -0.2) is 73.0 Å². The molecule has 2 amide bonds. The Bertz CT molecular complexity index is 1090. The smallest absolute Gasteiger partial charge is 0.410 e. The molecule has 1 aromatic carbocycles. The van der Waals surface area contributed by atoms with Crippen LogP contribution in [-0.2, 0) is 14.3 Å². The topological polar surface area (TPSA) is 79.0 Å². The van der Waals surface area contributed by atoms with Gasteiger partial charge in [0.15, 0.2) is 5.78 Å². The van der Waals surface area contributed by atoms with Gasteiger partial charge in [0.1, 0.15) is 5.54 Å². The molecule has 4 aliphatic rings. The number of piperidine rings is 1. The van der Waals surface area contributed by atoms with Crippen molar-refractivity contribution in [2.75, 3.05) is 39.8 Å². The molecule has 2 saturated carbocycles. The summed E-state index contributed by atoms with van der Waals surface area (Å²) in [5.74, 6) is -0.333. The number of carbonyl (C=O) groups excluding carboxylic acids is 3. The number of halogens is 2. The first-order chi connectivity index (χ1) is 17.5. The number of amides is 2. The zero-order chi connectivity index (χ0) is 26.6. The third-order valence-corrected chi connectivity index (χ3v) is 10.0. The van der Waals surface area contributed by atoms with Crippen LogP contribution in [0.1, 0.15) is 63.9 Å². The van der Waals surface area contributed by atoms with Crippen LogP contribution in [0.5, 0.6) is 0 Å². The molecule has 2 atom stereocenters. The maximum Gasteiger partial charge on any atom is 0.410 e. The van der Waals surface area contributed by atoms with Crippen LogP contribution < -0.4 is 5.32 Å². The Morgan fingerprint density at radius 2 is 1.76 bits per heavy atom. The number of carbonyl (C=O) groups is 3. The highest BCUT2D eigenvalue weighted by atomic mass is 35.5. The first-order valence-corrected chi connectivity index (χ1v) is 14.1. The van der Waals surface area contributed by atoms with Gasteiger partial charge in [-0.2, -0.15) is 0 Å². The lowest BCUT2D eigenvalue weighted by Crippen LogP contribution is -2.62. The Morgan fingerprint density at radius 3 is 2.35 bits per heavy atom. The second kappa shape index (κ2) is 9.73. The van der Waals surface area contributed by atoms with E-state index < -0.39 is 11.6 Å². The van der Waals surface area contributed by atoms with E-state index in [0.717, 1.165) is 31.2 Å². The largest absolute Gasteiger partial charge is 0.449 e. The van der Waals surface area contributed by atoms with Crippen LogP contribution in [0.4, 0.5) is 4.79 Å². The molecule has 2 heterocycles. The van der Waals surface area contributed by atoms with Crippen molar-refractivity contribution in [1.82, 2.24) is 15.1 Å². The third kappa shape index (κ3) is 4.99. The summed E-state index contributed by atoms with van der Waals surface area (Å²) in [5.41, 5.74) is -0.440. The molecule has 1 N–H and O–H groups in total. The van der Waals surface area contributed by atoms with Crippen molar-refractivity contribution in [2.24, 2.45) is 16.7 Å². The molecule has 202 valence electrons. The fourth-order valence-corrected chi connectivity index (χ4v) is 6.24. The van der Waals surface area contributed by atoms with Gasteiger partial charge in [0.25, 0.3) is 0 Å². The van der Waals surface area contributed by atoms with Crippen LogP contribution >= 0.6 is 23.2 Å². The van der Waals surface area contributed by atoms with E-state index in [9.17, 15) is 14.4 Å². The summed E-state index contributed by atoms with van der Waals surface area (Å²) in [6.45, 7) is 6.47. The summed E-state index contributed by atoms with van der Waals surface area (Å²) in [6, 6.07) is 5.42. The normalized spacial score (nSPS) is 28.0. The molecule has 5 rings (SSSR count). The number of rotatable bonds is 7. The van der Waals surface area contributed by atoms with Crippen LogP contribution in [0.3, 0.4) is 0 Å². The number of hydrogen-bond acceptors (Lipinski definition) is 5. The highest BCUT2D eigenvalue weighted by Crippen LogP contribution is 2.48. The highest BCUT2D eigenvalue weighted by molar-refractivity contribution is 6.42. The molecule has 9 heteroatoms. The molecule has 0 spiro atoms. The van der Waals surface area contributed by atoms with E-state index in [1.807, 2.05) is 17.9 Å². The monoisotopic (exact) mass is 549 g/mol. The first-order valence-electron chi connectivity index (χ1n) is 13.4. The summed E-state index contributed by atoms with van der Waals surface area (Å²) < 4.78 is 5.73. The summed E-state index contributed by atoms with van der Waals surface area (Å²) in [6.07, 6.45) is 4.67. The Kier molecular flexibility index (Phi) is 7.04. The number of ketones is 1. The number of ether oxygens (including phenoxy) is 1. The molecule has 0 bridgehead atoms. The number of Topliss-reactive ketones (excluding diaryl/α,β-unsaturated/α-hetero) is 1. The molecule has 2 aliphatic carbocycles. The molecule has 0 aromatic heterocycles. The second-order valence-corrected chi connectivity index (χ2v) is 13.0. The zero-order valence-electron chi connectivity index (χ0n) is 21.9.